The van der Waals surface area contributed by atoms with E-state index in [-0.39, 0.29) is 18.0 Å². The first kappa shape index (κ1) is 48.3. The van der Waals surface area contributed by atoms with Crippen LogP contribution >= 0.6 is 0 Å². The number of carbonyl (C=O) groups excluding carboxylic acids is 2. The van der Waals surface area contributed by atoms with Gasteiger partial charge in [-0.1, -0.05) is 140 Å². The highest BCUT2D eigenvalue weighted by Crippen LogP contribution is 2.15. The number of aliphatic carboxylic acids is 1. The van der Waals surface area contributed by atoms with Gasteiger partial charge in [0, 0.05) is 12.8 Å². The molecule has 294 valence electrons. The average Bonchev–Trinajstić information content (AvgIpc) is 3.11. The summed E-state index contributed by atoms with van der Waals surface area (Å²) < 4.78 is 5.89. The number of allylic oxidation sites excluding steroid dienone is 7. The molecule has 0 heterocycles. The fourth-order valence-electron chi connectivity index (χ4n) is 5.97. The number of carboxylic acids is 1. The lowest BCUT2D eigenvalue weighted by Crippen LogP contribution is -2.40. The van der Waals surface area contributed by atoms with Crippen LogP contribution in [0, 0.1) is 0 Å². The molecule has 7 heteroatoms. The van der Waals surface area contributed by atoms with E-state index < -0.39 is 12.0 Å². The van der Waals surface area contributed by atoms with Gasteiger partial charge in [0.1, 0.15) is 12.1 Å². The molecule has 0 aliphatic rings. The molecule has 7 nitrogen and oxygen atoms in total. The summed E-state index contributed by atoms with van der Waals surface area (Å²) in [6, 6.07) is -0.877. The normalized spacial score (nSPS) is 13.2. The lowest BCUT2D eigenvalue weighted by Gasteiger charge is -2.15. The van der Waals surface area contributed by atoms with Crippen molar-refractivity contribution in [1.29, 1.82) is 0 Å². The van der Waals surface area contributed by atoms with Crippen LogP contribution in [0.25, 0.3) is 0 Å². The van der Waals surface area contributed by atoms with Crippen molar-refractivity contribution < 1.29 is 24.2 Å². The Morgan fingerprint density at radius 1 is 0.608 bits per heavy atom. The average molecular weight is 715 g/mol. The van der Waals surface area contributed by atoms with Crippen molar-refractivity contribution in [2.45, 2.75) is 206 Å². The first-order valence-electron chi connectivity index (χ1n) is 21.0. The third kappa shape index (κ3) is 35.5. The maximum Gasteiger partial charge on any atom is 0.326 e. The fraction of sp³-hybridized carbons (Fsp3) is 0.750. The van der Waals surface area contributed by atoms with Gasteiger partial charge in [-0.3, -0.25) is 9.59 Å². The van der Waals surface area contributed by atoms with E-state index in [0.29, 0.717) is 38.6 Å². The van der Waals surface area contributed by atoms with E-state index >= 15 is 0 Å². The second kappa shape index (κ2) is 38.6. The van der Waals surface area contributed by atoms with Crippen molar-refractivity contribution >= 4 is 17.8 Å². The Hall–Kier alpha value is -2.67. The van der Waals surface area contributed by atoms with E-state index in [9.17, 15) is 19.5 Å². The van der Waals surface area contributed by atoms with Gasteiger partial charge in [0.2, 0.25) is 5.91 Å². The van der Waals surface area contributed by atoms with Crippen LogP contribution in [0.3, 0.4) is 0 Å². The first-order valence-corrected chi connectivity index (χ1v) is 21.0. The second-order valence-electron chi connectivity index (χ2n) is 14.0. The van der Waals surface area contributed by atoms with Gasteiger partial charge in [-0.25, -0.2) is 4.79 Å². The second-order valence-corrected chi connectivity index (χ2v) is 14.0. The van der Waals surface area contributed by atoms with E-state index in [2.05, 4.69) is 61.7 Å². The molecule has 2 unspecified atom stereocenters. The Balaban J connectivity index is 4.27. The van der Waals surface area contributed by atoms with Crippen molar-refractivity contribution in [2.24, 2.45) is 5.73 Å². The molecule has 0 saturated carbocycles. The number of nitrogens with two attached hydrogens (primary N) is 1. The summed E-state index contributed by atoms with van der Waals surface area (Å²) in [6.07, 6.45) is 46.1. The Morgan fingerprint density at radius 3 is 1.73 bits per heavy atom. The zero-order valence-corrected chi connectivity index (χ0v) is 32.9. The fourth-order valence-corrected chi connectivity index (χ4v) is 5.97. The zero-order valence-electron chi connectivity index (χ0n) is 32.9. The van der Waals surface area contributed by atoms with Crippen LogP contribution in [-0.2, 0) is 19.1 Å². The van der Waals surface area contributed by atoms with Gasteiger partial charge in [-0.15, -0.1) is 0 Å². The van der Waals surface area contributed by atoms with Crippen LogP contribution in [0.1, 0.15) is 194 Å². The van der Waals surface area contributed by atoms with Crippen molar-refractivity contribution in [3.63, 3.8) is 0 Å². The largest absolute Gasteiger partial charge is 0.480 e. The van der Waals surface area contributed by atoms with Crippen molar-refractivity contribution in [2.75, 3.05) is 6.54 Å². The van der Waals surface area contributed by atoms with Gasteiger partial charge in [0.25, 0.3) is 0 Å². The lowest BCUT2D eigenvalue weighted by atomic mass is 10.1. The number of amides is 1. The lowest BCUT2D eigenvalue weighted by molar-refractivity contribution is -0.147. The number of unbranched alkanes of at least 4 members (excludes halogenated alkanes) is 17. The van der Waals surface area contributed by atoms with Gasteiger partial charge >= 0.3 is 11.9 Å². The molecule has 2 atom stereocenters. The predicted octanol–water partition coefficient (Wildman–Crippen LogP) is 11.6. The Kier molecular flexibility index (Phi) is 36.5. The summed E-state index contributed by atoms with van der Waals surface area (Å²) in [5.41, 5.74) is 5.47. The summed E-state index contributed by atoms with van der Waals surface area (Å²) in [6.45, 7) is 4.80. The molecule has 0 bridgehead atoms. The third-order valence-electron chi connectivity index (χ3n) is 9.11. The number of carbonyl (C=O) groups is 3. The third-order valence-corrected chi connectivity index (χ3v) is 9.11. The van der Waals surface area contributed by atoms with Gasteiger partial charge in [0.05, 0.1) is 0 Å². The Morgan fingerprint density at radius 2 is 1.14 bits per heavy atom. The number of rotatable bonds is 37. The highest BCUT2D eigenvalue weighted by atomic mass is 16.5. The maximum absolute atomic E-state index is 12.7. The highest BCUT2D eigenvalue weighted by molar-refractivity contribution is 5.83. The molecule has 0 rings (SSSR count). The van der Waals surface area contributed by atoms with Crippen LogP contribution in [-0.4, -0.2) is 41.6 Å². The molecule has 0 aromatic carbocycles. The SMILES string of the molecule is CC/C=C\C/C=C\C/C=C\C(CCCCCCC(=O)NC(CCCN)C(=O)O)OC(=O)CCCCCCCCC/C=C\CCCCCCCCC. The molecular formula is C44H78N2O5. The molecule has 0 spiro atoms. The topological polar surface area (TPSA) is 119 Å². The number of esters is 1. The number of nitrogens with one attached hydrogen (secondary N) is 1. The van der Waals surface area contributed by atoms with E-state index in [1.54, 1.807) is 0 Å². The standard InChI is InChI=1S/C44H78N2O5/c1-3-5-7-9-11-13-14-15-16-17-18-19-20-21-22-24-26-32-38-43(48)51-40(34-29-25-23-12-10-8-6-4-2)35-30-27-28-31-37-42(47)46-41(44(49)50)36-33-39-45/h6,8,12,16-17,23,29,34,40-41H,3-5,7,9-11,13-15,18-22,24-28,30-33,35-39,45H2,1-2H3,(H,46,47)(H,49,50)/b8-6-,17-16-,23-12-,34-29-. The summed E-state index contributed by atoms with van der Waals surface area (Å²) >= 11 is 0. The molecule has 0 aliphatic carbocycles. The van der Waals surface area contributed by atoms with Gasteiger partial charge in [0.15, 0.2) is 0 Å². The minimum atomic E-state index is -1.02. The number of hydrogen-bond donors (Lipinski definition) is 3. The van der Waals surface area contributed by atoms with Crippen molar-refractivity contribution in [1.82, 2.24) is 5.32 Å². The number of hydrogen-bond acceptors (Lipinski definition) is 5. The summed E-state index contributed by atoms with van der Waals surface area (Å²) in [5, 5.41) is 11.9. The van der Waals surface area contributed by atoms with Crippen LogP contribution in [0.5, 0.6) is 0 Å². The van der Waals surface area contributed by atoms with Gasteiger partial charge in [-0.2, -0.15) is 0 Å². The maximum atomic E-state index is 12.7. The van der Waals surface area contributed by atoms with Gasteiger partial charge in [-0.05, 0) is 96.1 Å². The molecular weight excluding hydrogens is 636 g/mol. The quantitative estimate of drug-likeness (QED) is 0.0335. The summed E-state index contributed by atoms with van der Waals surface area (Å²) in [5.74, 6) is -1.37. The molecule has 0 radical (unpaired) electrons. The molecule has 0 aromatic rings. The minimum absolute atomic E-state index is 0.118. The molecule has 0 saturated heterocycles. The molecule has 4 N–H and O–H groups in total. The highest BCUT2D eigenvalue weighted by Gasteiger charge is 2.19. The van der Waals surface area contributed by atoms with Crippen LogP contribution < -0.4 is 11.1 Å². The van der Waals surface area contributed by atoms with E-state index in [1.807, 2.05) is 6.08 Å². The van der Waals surface area contributed by atoms with Gasteiger partial charge < -0.3 is 20.9 Å². The molecule has 0 aromatic heterocycles. The summed E-state index contributed by atoms with van der Waals surface area (Å²) in [4.78, 5) is 36.3. The zero-order chi connectivity index (χ0) is 37.5. The molecule has 51 heavy (non-hydrogen) atoms. The smallest absolute Gasteiger partial charge is 0.326 e. The van der Waals surface area contributed by atoms with E-state index in [1.165, 1.54) is 89.9 Å². The predicted molar refractivity (Wildman–Crippen MR) is 216 cm³/mol. The van der Waals surface area contributed by atoms with Crippen LogP contribution in [0.15, 0.2) is 48.6 Å². The number of carboxylic acid groups (broad SMARTS) is 1. The first-order chi connectivity index (χ1) is 24.9. The monoisotopic (exact) mass is 715 g/mol. The number of ether oxygens (including phenoxy) is 1. The van der Waals surface area contributed by atoms with E-state index in [4.69, 9.17) is 10.5 Å². The minimum Gasteiger partial charge on any atom is -0.480 e. The Bertz CT molecular complexity index is 942. The molecule has 0 aliphatic heterocycles. The van der Waals surface area contributed by atoms with Crippen molar-refractivity contribution in [3.8, 4) is 0 Å². The van der Waals surface area contributed by atoms with Crippen LogP contribution in [0.2, 0.25) is 0 Å². The van der Waals surface area contributed by atoms with E-state index in [0.717, 1.165) is 57.8 Å². The molecule has 1 amide bonds. The van der Waals surface area contributed by atoms with Crippen LogP contribution in [0.4, 0.5) is 0 Å². The summed E-state index contributed by atoms with van der Waals surface area (Å²) in [7, 11) is 0. The van der Waals surface area contributed by atoms with Crippen molar-refractivity contribution in [3.05, 3.63) is 48.6 Å². The molecule has 0 fully saturated rings. The Labute approximate surface area is 313 Å².